The van der Waals surface area contributed by atoms with Gasteiger partial charge in [-0.2, -0.15) is 5.26 Å². The predicted octanol–water partition coefficient (Wildman–Crippen LogP) is 5.12. The van der Waals surface area contributed by atoms with Crippen LogP contribution in [-0.4, -0.2) is 27.3 Å². The van der Waals surface area contributed by atoms with Crippen molar-refractivity contribution >= 4 is 34.1 Å². The Balaban J connectivity index is 1.70. The first-order valence-electron chi connectivity index (χ1n) is 10.4. The number of thiophene rings is 1. The molecule has 2 N–H and O–H groups in total. The summed E-state index contributed by atoms with van der Waals surface area (Å²) in [5.41, 5.74) is 8.55. The molecule has 0 atom stereocenters. The molecule has 4 rings (SSSR count). The number of nitriles is 1. The van der Waals surface area contributed by atoms with Crippen molar-refractivity contribution < 1.29 is 13.9 Å². The molecular weight excluding hydrogens is 473 g/mol. The van der Waals surface area contributed by atoms with Crippen molar-refractivity contribution in [3.63, 3.8) is 0 Å². The van der Waals surface area contributed by atoms with Crippen molar-refractivity contribution in [1.82, 2.24) is 14.8 Å². The van der Waals surface area contributed by atoms with Crippen LogP contribution in [0.1, 0.15) is 33.3 Å². The highest BCUT2D eigenvalue weighted by molar-refractivity contribution is 7.98. The largest absolute Gasteiger partial charge is 0.462 e. The average Bonchev–Trinajstić information content (AvgIpc) is 3.39. The van der Waals surface area contributed by atoms with Crippen LogP contribution in [0.5, 0.6) is 0 Å². The van der Waals surface area contributed by atoms with E-state index in [9.17, 15) is 14.4 Å². The number of benzene rings is 2. The van der Waals surface area contributed by atoms with E-state index >= 15 is 0 Å². The molecular formula is C24H20FN5O2S2. The van der Waals surface area contributed by atoms with Crippen molar-refractivity contribution in [2.45, 2.75) is 24.4 Å². The van der Waals surface area contributed by atoms with Gasteiger partial charge in [0.25, 0.3) is 0 Å². The summed E-state index contributed by atoms with van der Waals surface area (Å²) in [6.45, 7) is 2.43. The number of nitrogen functional groups attached to an aromatic ring is 1. The van der Waals surface area contributed by atoms with E-state index < -0.39 is 5.97 Å². The molecule has 0 saturated carbocycles. The number of carbonyl (C=O) groups excluding carboxylic acids is 1. The Morgan fingerprint density at radius 3 is 2.62 bits per heavy atom. The van der Waals surface area contributed by atoms with Gasteiger partial charge in [0.15, 0.2) is 11.0 Å². The fourth-order valence-corrected chi connectivity index (χ4v) is 5.35. The highest BCUT2D eigenvalue weighted by Crippen LogP contribution is 2.36. The molecule has 10 heteroatoms. The number of hydrogen-bond acceptors (Lipinski definition) is 8. The van der Waals surface area contributed by atoms with Crippen LogP contribution >= 0.6 is 23.1 Å². The molecule has 0 aliphatic heterocycles. The number of rotatable bonds is 8. The molecule has 0 fully saturated rings. The van der Waals surface area contributed by atoms with Crippen LogP contribution in [0.2, 0.25) is 0 Å². The summed E-state index contributed by atoms with van der Waals surface area (Å²) in [7, 11) is 0. The first-order valence-corrected chi connectivity index (χ1v) is 12.2. The number of thioether (sulfide) groups is 1. The van der Waals surface area contributed by atoms with Gasteiger partial charge in [-0.25, -0.2) is 9.18 Å². The van der Waals surface area contributed by atoms with Gasteiger partial charge in [-0.15, -0.1) is 21.5 Å². The standard InChI is InChI=1S/C24H20FN5O2S2/c1-2-32-23(31)20-19(18(12-26)21(27)34-20)14-33-24-29-28-22(16-8-10-17(25)11-9-16)30(24)13-15-6-4-3-5-7-15/h3-11H,2,13-14,27H2,1H3. The molecule has 0 spiro atoms. The molecule has 34 heavy (non-hydrogen) atoms. The summed E-state index contributed by atoms with van der Waals surface area (Å²) < 4.78 is 20.5. The van der Waals surface area contributed by atoms with Gasteiger partial charge in [-0.05, 0) is 36.8 Å². The monoisotopic (exact) mass is 493 g/mol. The van der Waals surface area contributed by atoms with Gasteiger partial charge in [-0.1, -0.05) is 42.1 Å². The number of nitrogens with two attached hydrogens (primary N) is 1. The second-order valence-corrected chi connectivity index (χ2v) is 9.15. The van der Waals surface area contributed by atoms with Crippen molar-refractivity contribution in [3.8, 4) is 17.5 Å². The topological polar surface area (TPSA) is 107 Å². The van der Waals surface area contributed by atoms with E-state index in [4.69, 9.17) is 10.5 Å². The van der Waals surface area contributed by atoms with E-state index in [-0.39, 0.29) is 28.7 Å². The molecule has 0 radical (unpaired) electrons. The Bertz CT molecular complexity index is 1340. The minimum Gasteiger partial charge on any atom is -0.462 e. The van der Waals surface area contributed by atoms with Crippen molar-refractivity contribution in [1.29, 1.82) is 5.26 Å². The Morgan fingerprint density at radius 1 is 1.21 bits per heavy atom. The maximum absolute atomic E-state index is 13.5. The summed E-state index contributed by atoms with van der Waals surface area (Å²) in [6.07, 6.45) is 0. The van der Waals surface area contributed by atoms with Gasteiger partial charge in [0, 0.05) is 16.9 Å². The molecule has 0 aliphatic carbocycles. The second-order valence-electron chi connectivity index (χ2n) is 7.15. The average molecular weight is 494 g/mol. The molecule has 2 aromatic heterocycles. The zero-order valence-electron chi connectivity index (χ0n) is 18.2. The third-order valence-electron chi connectivity index (χ3n) is 4.96. The molecule has 0 saturated heterocycles. The maximum Gasteiger partial charge on any atom is 0.348 e. The van der Waals surface area contributed by atoms with E-state index in [0.717, 1.165) is 22.5 Å². The van der Waals surface area contributed by atoms with Crippen LogP contribution < -0.4 is 5.73 Å². The van der Waals surface area contributed by atoms with Gasteiger partial charge in [0.05, 0.1) is 18.7 Å². The molecule has 7 nitrogen and oxygen atoms in total. The van der Waals surface area contributed by atoms with Crippen LogP contribution in [0.15, 0.2) is 59.8 Å². The lowest BCUT2D eigenvalue weighted by molar-refractivity contribution is 0.0531. The first-order chi connectivity index (χ1) is 16.5. The highest BCUT2D eigenvalue weighted by atomic mass is 32.2. The molecule has 0 bridgehead atoms. The second kappa shape index (κ2) is 10.5. The molecule has 172 valence electrons. The number of ether oxygens (including phenoxy) is 1. The first kappa shape index (κ1) is 23.5. The van der Waals surface area contributed by atoms with E-state index in [0.29, 0.717) is 28.0 Å². The number of halogens is 1. The minimum atomic E-state index is -0.506. The number of aromatic nitrogens is 3. The van der Waals surface area contributed by atoms with Crippen LogP contribution in [0, 0.1) is 17.1 Å². The molecule has 4 aromatic rings. The molecule has 0 unspecified atom stereocenters. The Morgan fingerprint density at radius 2 is 1.94 bits per heavy atom. The SMILES string of the molecule is CCOC(=O)c1sc(N)c(C#N)c1CSc1nnc(-c2ccc(F)cc2)n1Cc1ccccc1. The fraction of sp³-hybridized carbons (Fsp3) is 0.167. The van der Waals surface area contributed by atoms with Gasteiger partial charge >= 0.3 is 5.97 Å². The number of nitrogens with zero attached hydrogens (tertiary/aromatic N) is 4. The zero-order valence-corrected chi connectivity index (χ0v) is 19.8. The summed E-state index contributed by atoms with van der Waals surface area (Å²) in [6, 6.07) is 18.0. The van der Waals surface area contributed by atoms with Crippen LogP contribution in [0.3, 0.4) is 0 Å². The normalized spacial score (nSPS) is 10.7. The van der Waals surface area contributed by atoms with Gasteiger partial charge in [0.1, 0.15) is 21.8 Å². The Kier molecular flexibility index (Phi) is 7.25. The van der Waals surface area contributed by atoms with E-state index in [2.05, 4.69) is 16.3 Å². The fourth-order valence-electron chi connectivity index (χ4n) is 3.36. The number of carbonyl (C=O) groups is 1. The molecule has 2 aromatic carbocycles. The Hall–Kier alpha value is -3.68. The van der Waals surface area contributed by atoms with Crippen LogP contribution in [-0.2, 0) is 17.0 Å². The molecule has 0 aliphatic rings. The predicted molar refractivity (Wildman–Crippen MR) is 130 cm³/mol. The summed E-state index contributed by atoms with van der Waals surface area (Å²) in [5.74, 6) is 0.0237. The van der Waals surface area contributed by atoms with Crippen molar-refractivity contribution in [2.24, 2.45) is 0 Å². The van der Waals surface area contributed by atoms with E-state index in [1.165, 1.54) is 23.9 Å². The lowest BCUT2D eigenvalue weighted by Crippen LogP contribution is -2.06. The van der Waals surface area contributed by atoms with E-state index in [1.54, 1.807) is 19.1 Å². The zero-order chi connectivity index (χ0) is 24.1. The van der Waals surface area contributed by atoms with Gasteiger partial charge < -0.3 is 10.5 Å². The lowest BCUT2D eigenvalue weighted by atomic mass is 10.2. The van der Waals surface area contributed by atoms with Crippen molar-refractivity contribution in [3.05, 3.63) is 82.0 Å². The Labute approximate surface area is 204 Å². The third-order valence-corrected chi connectivity index (χ3v) is 6.99. The lowest BCUT2D eigenvalue weighted by Gasteiger charge is -2.11. The maximum atomic E-state index is 13.5. The van der Waals surface area contributed by atoms with Crippen molar-refractivity contribution in [2.75, 3.05) is 12.3 Å². The van der Waals surface area contributed by atoms with E-state index in [1.807, 2.05) is 34.9 Å². The smallest absolute Gasteiger partial charge is 0.348 e. The van der Waals surface area contributed by atoms with Gasteiger partial charge in [-0.3, -0.25) is 4.57 Å². The minimum absolute atomic E-state index is 0.220. The molecule has 0 amide bonds. The van der Waals surface area contributed by atoms with Crippen LogP contribution in [0.25, 0.3) is 11.4 Å². The van der Waals surface area contributed by atoms with Gasteiger partial charge in [0.2, 0.25) is 0 Å². The highest BCUT2D eigenvalue weighted by Gasteiger charge is 2.24. The third kappa shape index (κ3) is 4.95. The number of anilines is 1. The number of hydrogen-bond donors (Lipinski definition) is 1. The summed E-state index contributed by atoms with van der Waals surface area (Å²) in [4.78, 5) is 12.7. The molecule has 2 heterocycles. The summed E-state index contributed by atoms with van der Waals surface area (Å²) >= 11 is 2.39. The quantitative estimate of drug-likeness (QED) is 0.268. The number of esters is 1. The summed E-state index contributed by atoms with van der Waals surface area (Å²) in [5, 5.41) is 19.2. The van der Waals surface area contributed by atoms with Crippen LogP contribution in [0.4, 0.5) is 9.39 Å².